The van der Waals surface area contributed by atoms with Crippen molar-refractivity contribution in [3.8, 4) is 11.8 Å². The summed E-state index contributed by atoms with van der Waals surface area (Å²) in [6.45, 7) is 2.54. The Kier molecular flexibility index (Phi) is 8.48. The molecule has 0 atom stereocenters. The molecule has 3 aromatic rings. The van der Waals surface area contributed by atoms with E-state index in [-0.39, 0.29) is 18.1 Å². The number of halogens is 2. The number of rotatable bonds is 7. The molecule has 1 N–H and O–H groups in total. The SMILES string of the molecule is CCN1C(=O)C(=Cc2cc(Br)c(OCc3ccccc3C#N)c(Br)c2)SC1=Nc1ccc(C(=O)O)cc1. The van der Waals surface area contributed by atoms with Crippen LogP contribution in [0.2, 0.25) is 0 Å². The molecule has 1 heterocycles. The summed E-state index contributed by atoms with van der Waals surface area (Å²) >= 11 is 8.36. The van der Waals surface area contributed by atoms with Gasteiger partial charge in [-0.3, -0.25) is 9.69 Å². The molecule has 7 nitrogen and oxygen atoms in total. The summed E-state index contributed by atoms with van der Waals surface area (Å²) in [6.07, 6.45) is 1.79. The first kappa shape index (κ1) is 26.7. The van der Waals surface area contributed by atoms with E-state index < -0.39 is 5.97 Å². The summed E-state index contributed by atoms with van der Waals surface area (Å²) in [5.41, 5.74) is 2.85. The Hall–Kier alpha value is -3.39. The van der Waals surface area contributed by atoms with E-state index in [1.165, 1.54) is 23.9 Å². The lowest BCUT2D eigenvalue weighted by Gasteiger charge is -2.12. The van der Waals surface area contributed by atoms with E-state index in [0.717, 1.165) is 11.1 Å². The van der Waals surface area contributed by atoms with Gasteiger partial charge in [0, 0.05) is 12.1 Å². The van der Waals surface area contributed by atoms with Gasteiger partial charge in [0.1, 0.15) is 12.4 Å². The number of ether oxygens (including phenoxy) is 1. The number of carboxylic acids is 1. The van der Waals surface area contributed by atoms with Crippen molar-refractivity contribution in [3.05, 3.63) is 96.8 Å². The Morgan fingerprint density at radius 1 is 1.16 bits per heavy atom. The average molecular weight is 641 g/mol. The van der Waals surface area contributed by atoms with Crippen LogP contribution >= 0.6 is 43.6 Å². The zero-order chi connectivity index (χ0) is 26.5. The number of carbonyl (C=O) groups excluding carboxylic acids is 1. The van der Waals surface area contributed by atoms with Crippen molar-refractivity contribution in [1.82, 2.24) is 4.90 Å². The van der Waals surface area contributed by atoms with E-state index in [2.05, 4.69) is 42.9 Å². The smallest absolute Gasteiger partial charge is 0.335 e. The molecule has 0 unspecified atom stereocenters. The van der Waals surface area contributed by atoms with Gasteiger partial charge >= 0.3 is 5.97 Å². The molecule has 10 heteroatoms. The average Bonchev–Trinajstić information content (AvgIpc) is 3.17. The fourth-order valence-corrected chi connectivity index (χ4v) is 6.03. The molecule has 0 saturated carbocycles. The van der Waals surface area contributed by atoms with Crippen LogP contribution in [0.1, 0.15) is 34.0 Å². The third-order valence-corrected chi connectivity index (χ3v) is 7.56. The van der Waals surface area contributed by atoms with Crippen LogP contribution in [0.25, 0.3) is 6.08 Å². The minimum Gasteiger partial charge on any atom is -0.486 e. The van der Waals surface area contributed by atoms with Gasteiger partial charge in [-0.1, -0.05) is 18.2 Å². The Balaban J connectivity index is 1.56. The van der Waals surface area contributed by atoms with E-state index in [1.54, 1.807) is 29.2 Å². The molecule has 1 aliphatic heterocycles. The minimum absolute atomic E-state index is 0.158. The molecule has 1 saturated heterocycles. The zero-order valence-corrected chi connectivity index (χ0v) is 23.4. The Bertz CT molecular complexity index is 1460. The van der Waals surface area contributed by atoms with E-state index in [1.807, 2.05) is 37.3 Å². The number of nitrogens with zero attached hydrogens (tertiary/aromatic N) is 3. The van der Waals surface area contributed by atoms with E-state index in [4.69, 9.17) is 9.84 Å². The lowest BCUT2D eigenvalue weighted by Crippen LogP contribution is -2.28. The maximum atomic E-state index is 13.0. The molecular formula is C27H19Br2N3O4S. The highest BCUT2D eigenvalue weighted by atomic mass is 79.9. The third-order valence-electron chi connectivity index (χ3n) is 5.37. The molecule has 0 bridgehead atoms. The fraction of sp³-hybridized carbons (Fsp3) is 0.111. The second-order valence-corrected chi connectivity index (χ2v) is 10.5. The number of aromatic carboxylic acids is 1. The van der Waals surface area contributed by atoms with Crippen molar-refractivity contribution in [2.24, 2.45) is 4.99 Å². The molecule has 0 spiro atoms. The summed E-state index contributed by atoms with van der Waals surface area (Å²) in [5, 5.41) is 18.9. The fourth-order valence-electron chi connectivity index (χ4n) is 3.52. The van der Waals surface area contributed by atoms with Crippen molar-refractivity contribution < 1.29 is 19.4 Å². The van der Waals surface area contributed by atoms with E-state index in [9.17, 15) is 14.9 Å². The topological polar surface area (TPSA) is 103 Å². The number of amides is 1. The second-order valence-electron chi connectivity index (χ2n) is 7.78. The quantitative estimate of drug-likeness (QED) is 0.279. The summed E-state index contributed by atoms with van der Waals surface area (Å²) < 4.78 is 7.37. The maximum Gasteiger partial charge on any atom is 0.335 e. The highest BCUT2D eigenvalue weighted by molar-refractivity contribution is 9.11. The van der Waals surface area contributed by atoms with Gasteiger partial charge in [0.2, 0.25) is 0 Å². The molecular weight excluding hydrogens is 622 g/mol. The highest BCUT2D eigenvalue weighted by Crippen LogP contribution is 2.38. The lowest BCUT2D eigenvalue weighted by atomic mass is 10.1. The molecule has 186 valence electrons. The Labute approximate surface area is 234 Å². The number of amidine groups is 1. The van der Waals surface area contributed by atoms with Crippen LogP contribution in [-0.2, 0) is 11.4 Å². The second kappa shape index (κ2) is 11.8. The molecule has 0 radical (unpaired) electrons. The Morgan fingerprint density at radius 3 is 2.46 bits per heavy atom. The number of benzene rings is 3. The maximum absolute atomic E-state index is 13.0. The van der Waals surface area contributed by atoms with Crippen molar-refractivity contribution in [2.75, 3.05) is 6.54 Å². The predicted octanol–water partition coefficient (Wildman–Crippen LogP) is 6.98. The van der Waals surface area contributed by atoms with Gasteiger partial charge in [-0.2, -0.15) is 5.26 Å². The van der Waals surface area contributed by atoms with Crippen LogP contribution in [0.4, 0.5) is 5.69 Å². The van der Waals surface area contributed by atoms with Crippen LogP contribution in [0.15, 0.2) is 79.5 Å². The van der Waals surface area contributed by atoms with Crippen LogP contribution in [-0.4, -0.2) is 33.6 Å². The largest absolute Gasteiger partial charge is 0.486 e. The number of hydrogen-bond acceptors (Lipinski definition) is 6. The molecule has 1 fully saturated rings. The summed E-state index contributed by atoms with van der Waals surface area (Å²) in [7, 11) is 0. The van der Waals surface area contributed by atoms with Gasteiger partial charge in [0.25, 0.3) is 5.91 Å². The van der Waals surface area contributed by atoms with Gasteiger partial charge in [-0.15, -0.1) is 0 Å². The van der Waals surface area contributed by atoms with Crippen LogP contribution in [0, 0.1) is 11.3 Å². The molecule has 1 aliphatic rings. The van der Waals surface area contributed by atoms with Crippen molar-refractivity contribution >= 4 is 72.4 Å². The van der Waals surface area contributed by atoms with Gasteiger partial charge in [-0.25, -0.2) is 9.79 Å². The molecule has 0 aliphatic carbocycles. The first-order valence-corrected chi connectivity index (χ1v) is 13.4. The van der Waals surface area contributed by atoms with Gasteiger partial charge in [0.15, 0.2) is 5.17 Å². The molecule has 1 amide bonds. The number of thioether (sulfide) groups is 1. The van der Waals surface area contributed by atoms with Crippen molar-refractivity contribution in [3.63, 3.8) is 0 Å². The summed E-state index contributed by atoms with van der Waals surface area (Å²) in [4.78, 5) is 30.8. The Morgan fingerprint density at radius 2 is 1.84 bits per heavy atom. The third kappa shape index (κ3) is 6.13. The van der Waals surface area contributed by atoms with Gasteiger partial charge in [0.05, 0.1) is 36.7 Å². The summed E-state index contributed by atoms with van der Waals surface area (Å²) in [6, 6.07) is 19.3. The first-order valence-electron chi connectivity index (χ1n) is 11.0. The number of hydrogen-bond donors (Lipinski definition) is 1. The van der Waals surface area contributed by atoms with Crippen LogP contribution in [0.3, 0.4) is 0 Å². The molecule has 0 aromatic heterocycles. The van der Waals surface area contributed by atoms with Gasteiger partial charge < -0.3 is 9.84 Å². The number of carbonyl (C=O) groups is 2. The standard InChI is InChI=1S/C27H19Br2N3O4S/c1-2-32-25(33)23(37-27(32)31-20-9-7-17(8-10-20)26(34)35)13-16-11-21(28)24(22(29)12-16)36-15-19-6-4-3-5-18(19)14-30/h3-13H,2,15H2,1H3,(H,34,35). The first-order chi connectivity index (χ1) is 17.8. The van der Waals surface area contributed by atoms with E-state index >= 15 is 0 Å². The minimum atomic E-state index is -1.01. The molecule has 4 rings (SSSR count). The number of nitriles is 1. The monoisotopic (exact) mass is 639 g/mol. The number of carboxylic acid groups (broad SMARTS) is 1. The normalized spacial score (nSPS) is 15.3. The van der Waals surface area contributed by atoms with Crippen LogP contribution < -0.4 is 4.74 Å². The predicted molar refractivity (Wildman–Crippen MR) is 151 cm³/mol. The molecule has 37 heavy (non-hydrogen) atoms. The molecule has 3 aromatic carbocycles. The van der Waals surface area contributed by atoms with Crippen molar-refractivity contribution in [2.45, 2.75) is 13.5 Å². The van der Waals surface area contributed by atoms with Gasteiger partial charge in [-0.05, 0) is 105 Å². The highest BCUT2D eigenvalue weighted by Gasteiger charge is 2.32. The number of likely N-dealkylation sites (N-methyl/N-ethyl adjacent to an activating group) is 1. The van der Waals surface area contributed by atoms with Crippen molar-refractivity contribution in [1.29, 1.82) is 5.26 Å². The summed E-state index contributed by atoms with van der Waals surface area (Å²) in [5.74, 6) is -0.581. The number of aliphatic imine (C=N–C) groups is 1. The zero-order valence-electron chi connectivity index (χ0n) is 19.4. The van der Waals surface area contributed by atoms with Crippen LogP contribution in [0.5, 0.6) is 5.75 Å². The van der Waals surface area contributed by atoms with E-state index in [0.29, 0.717) is 42.6 Å². The lowest BCUT2D eigenvalue weighted by molar-refractivity contribution is -0.122.